The lowest BCUT2D eigenvalue weighted by Gasteiger charge is -2.34. The van der Waals surface area contributed by atoms with Crippen LogP contribution in [0.3, 0.4) is 0 Å². The molecule has 0 saturated carbocycles. The van der Waals surface area contributed by atoms with E-state index in [1.54, 1.807) is 12.4 Å². The van der Waals surface area contributed by atoms with Crippen LogP contribution in [-0.2, 0) is 16.6 Å². The molecule has 0 amide bonds. The van der Waals surface area contributed by atoms with Crippen molar-refractivity contribution < 1.29 is 21.9 Å². The summed E-state index contributed by atoms with van der Waals surface area (Å²) in [6.45, 7) is 4.80. The van der Waals surface area contributed by atoms with Gasteiger partial charge in [-0.15, -0.1) is 0 Å². The normalized spacial score (nSPS) is 14.7. The minimum atomic E-state index is -4.05. The average molecular weight is 504 g/mol. The predicted molar refractivity (Wildman–Crippen MR) is 128 cm³/mol. The van der Waals surface area contributed by atoms with Crippen LogP contribution in [0.2, 0.25) is 0 Å². The second-order valence-corrected chi connectivity index (χ2v) is 9.87. The Balaban J connectivity index is 1.16. The van der Waals surface area contributed by atoms with Crippen LogP contribution in [0.25, 0.3) is 0 Å². The summed E-state index contributed by atoms with van der Waals surface area (Å²) in [6, 6.07) is 12.0. The number of ether oxygens (including phenoxy) is 1. The van der Waals surface area contributed by atoms with Crippen molar-refractivity contribution in [2.24, 2.45) is 0 Å². The Hall–Kier alpha value is -3.15. The van der Waals surface area contributed by atoms with Gasteiger partial charge >= 0.3 is 0 Å². The van der Waals surface area contributed by atoms with Gasteiger partial charge in [0, 0.05) is 57.7 Å². The number of benzene rings is 2. The first kappa shape index (κ1) is 25.0. The molecule has 0 aliphatic carbocycles. The Kier molecular flexibility index (Phi) is 8.21. The summed E-state index contributed by atoms with van der Waals surface area (Å²) in [5, 5.41) is 0. The van der Waals surface area contributed by atoms with Gasteiger partial charge in [0.15, 0.2) is 0 Å². The molecule has 0 atom stereocenters. The van der Waals surface area contributed by atoms with Crippen LogP contribution in [0.15, 0.2) is 65.8 Å². The molecular formula is C24H27F2N5O3S. The van der Waals surface area contributed by atoms with E-state index in [1.165, 1.54) is 5.56 Å². The summed E-state index contributed by atoms with van der Waals surface area (Å²) < 4.78 is 59.0. The number of hydrogen-bond donors (Lipinski definition) is 1. The van der Waals surface area contributed by atoms with Gasteiger partial charge in [0.2, 0.25) is 16.0 Å². The van der Waals surface area contributed by atoms with E-state index in [-0.39, 0.29) is 13.2 Å². The minimum absolute atomic E-state index is 0.0667. The lowest BCUT2D eigenvalue weighted by atomic mass is 10.2. The second kappa shape index (κ2) is 11.5. The number of sulfonamides is 1. The predicted octanol–water partition coefficient (Wildman–Crippen LogP) is 2.82. The molecule has 35 heavy (non-hydrogen) atoms. The van der Waals surface area contributed by atoms with Crippen LogP contribution in [0.1, 0.15) is 12.0 Å². The van der Waals surface area contributed by atoms with E-state index in [9.17, 15) is 17.2 Å². The summed E-state index contributed by atoms with van der Waals surface area (Å²) in [4.78, 5) is 12.6. The van der Waals surface area contributed by atoms with Crippen molar-refractivity contribution in [3.63, 3.8) is 0 Å². The maximum Gasteiger partial charge on any atom is 0.243 e. The lowest BCUT2D eigenvalue weighted by molar-refractivity contribution is 0.248. The molecule has 2 aromatic carbocycles. The Morgan fingerprint density at radius 3 is 2.37 bits per heavy atom. The molecule has 0 spiro atoms. The molecule has 1 fully saturated rings. The maximum atomic E-state index is 13.7. The fourth-order valence-corrected chi connectivity index (χ4v) is 4.88. The van der Waals surface area contributed by atoms with E-state index in [1.807, 2.05) is 30.3 Å². The first-order valence-corrected chi connectivity index (χ1v) is 12.8. The highest BCUT2D eigenvalue weighted by atomic mass is 32.2. The number of nitrogens with zero attached hydrogens (tertiary/aromatic N) is 4. The molecule has 1 saturated heterocycles. The zero-order valence-electron chi connectivity index (χ0n) is 19.1. The van der Waals surface area contributed by atoms with Crippen LogP contribution < -0.4 is 14.4 Å². The number of aromatic nitrogens is 2. The third kappa shape index (κ3) is 6.93. The number of anilines is 1. The van der Waals surface area contributed by atoms with E-state index >= 15 is 0 Å². The summed E-state index contributed by atoms with van der Waals surface area (Å²) in [5.74, 6) is -0.501. The quantitative estimate of drug-likeness (QED) is 0.426. The SMILES string of the molecule is O=S(=O)(NCCCOc1ccc(CN2CCN(c3ncccn3)CC2)cc1)c1ccc(F)cc1F. The molecule has 0 radical (unpaired) electrons. The van der Waals surface area contributed by atoms with Crippen molar-refractivity contribution in [3.05, 3.63) is 78.1 Å². The van der Waals surface area contributed by atoms with E-state index in [0.29, 0.717) is 18.2 Å². The average Bonchev–Trinajstić information content (AvgIpc) is 2.85. The molecule has 8 nitrogen and oxygen atoms in total. The zero-order chi connectivity index (χ0) is 24.7. The van der Waals surface area contributed by atoms with Crippen molar-refractivity contribution >= 4 is 16.0 Å². The third-order valence-electron chi connectivity index (χ3n) is 5.60. The highest BCUT2D eigenvalue weighted by Gasteiger charge is 2.20. The van der Waals surface area contributed by atoms with E-state index < -0.39 is 26.6 Å². The molecule has 1 aromatic heterocycles. The third-order valence-corrected chi connectivity index (χ3v) is 7.10. The molecule has 11 heteroatoms. The van der Waals surface area contributed by atoms with Gasteiger partial charge in [-0.1, -0.05) is 12.1 Å². The number of rotatable bonds is 10. The molecule has 1 aliphatic rings. The van der Waals surface area contributed by atoms with Gasteiger partial charge in [0.1, 0.15) is 22.3 Å². The molecule has 186 valence electrons. The van der Waals surface area contributed by atoms with Crippen molar-refractivity contribution in [2.45, 2.75) is 17.9 Å². The van der Waals surface area contributed by atoms with Gasteiger partial charge in [-0.25, -0.2) is 31.9 Å². The summed E-state index contributed by atoms with van der Waals surface area (Å²) in [5.41, 5.74) is 1.18. The number of hydrogen-bond acceptors (Lipinski definition) is 7. The van der Waals surface area contributed by atoms with E-state index in [4.69, 9.17) is 4.74 Å². The van der Waals surface area contributed by atoms with Crippen LogP contribution >= 0.6 is 0 Å². The highest BCUT2D eigenvalue weighted by molar-refractivity contribution is 7.89. The number of piperazine rings is 1. The molecule has 2 heterocycles. The van der Waals surface area contributed by atoms with Crippen molar-refractivity contribution in [3.8, 4) is 5.75 Å². The summed E-state index contributed by atoms with van der Waals surface area (Å²) >= 11 is 0. The summed E-state index contributed by atoms with van der Waals surface area (Å²) in [7, 11) is -4.05. The molecule has 0 unspecified atom stereocenters. The minimum Gasteiger partial charge on any atom is -0.494 e. The smallest absolute Gasteiger partial charge is 0.243 e. The van der Waals surface area contributed by atoms with Gasteiger partial charge < -0.3 is 9.64 Å². The van der Waals surface area contributed by atoms with Crippen LogP contribution in [0, 0.1) is 11.6 Å². The van der Waals surface area contributed by atoms with Crippen LogP contribution in [0.5, 0.6) is 5.75 Å². The molecule has 1 aliphatic heterocycles. The van der Waals surface area contributed by atoms with Gasteiger partial charge in [-0.05, 0) is 42.3 Å². The fraction of sp³-hybridized carbons (Fsp3) is 0.333. The van der Waals surface area contributed by atoms with E-state index in [2.05, 4.69) is 24.5 Å². The molecule has 3 aromatic rings. The highest BCUT2D eigenvalue weighted by Crippen LogP contribution is 2.17. The second-order valence-electron chi connectivity index (χ2n) is 8.13. The lowest BCUT2D eigenvalue weighted by Crippen LogP contribution is -2.46. The molecule has 4 rings (SSSR count). The van der Waals surface area contributed by atoms with Crippen molar-refractivity contribution in [1.82, 2.24) is 19.6 Å². The summed E-state index contributed by atoms with van der Waals surface area (Å²) in [6.07, 6.45) is 3.90. The largest absolute Gasteiger partial charge is 0.494 e. The molecule has 0 bridgehead atoms. The van der Waals surface area contributed by atoms with Gasteiger partial charge in [0.25, 0.3) is 0 Å². The maximum absolute atomic E-state index is 13.7. The fourth-order valence-electron chi connectivity index (χ4n) is 3.75. The van der Waals surface area contributed by atoms with E-state index in [0.717, 1.165) is 50.8 Å². The molecule has 1 N–H and O–H groups in total. The number of nitrogens with one attached hydrogen (secondary N) is 1. The Labute approximate surface area is 203 Å². The van der Waals surface area contributed by atoms with Crippen molar-refractivity contribution in [2.75, 3.05) is 44.2 Å². The topological polar surface area (TPSA) is 87.7 Å². The van der Waals surface area contributed by atoms with Gasteiger partial charge in [-0.3, -0.25) is 4.90 Å². The standard InChI is InChI=1S/C24H27F2N5O3S/c25-20-5-8-23(22(26)17-20)35(32,33)29-11-2-16-34-21-6-3-19(4-7-21)18-30-12-14-31(15-13-30)24-27-9-1-10-28-24/h1,3-10,17,29H,2,11-16,18H2. The Morgan fingerprint density at radius 2 is 1.69 bits per heavy atom. The van der Waals surface area contributed by atoms with Crippen molar-refractivity contribution in [1.29, 1.82) is 0 Å². The first-order chi connectivity index (χ1) is 16.9. The molecular weight excluding hydrogens is 476 g/mol. The Morgan fingerprint density at radius 1 is 0.971 bits per heavy atom. The van der Waals surface area contributed by atoms with Crippen LogP contribution in [0.4, 0.5) is 14.7 Å². The number of halogens is 2. The first-order valence-electron chi connectivity index (χ1n) is 11.3. The monoisotopic (exact) mass is 503 g/mol. The van der Waals surface area contributed by atoms with Gasteiger partial charge in [-0.2, -0.15) is 0 Å². The Bertz CT molecular complexity index is 1210. The van der Waals surface area contributed by atoms with Crippen LogP contribution in [-0.4, -0.2) is 62.6 Å². The van der Waals surface area contributed by atoms with Gasteiger partial charge in [0.05, 0.1) is 6.61 Å². The zero-order valence-corrected chi connectivity index (χ0v) is 19.9.